The van der Waals surface area contributed by atoms with Gasteiger partial charge in [-0.3, -0.25) is 14.6 Å². The lowest BCUT2D eigenvalue weighted by Crippen LogP contribution is -2.42. The molecule has 3 N–H and O–H groups in total. The first kappa shape index (κ1) is 15.5. The van der Waals surface area contributed by atoms with Gasteiger partial charge in [-0.2, -0.15) is 0 Å². The molecule has 0 spiro atoms. The van der Waals surface area contributed by atoms with Gasteiger partial charge >= 0.3 is 0 Å². The Morgan fingerprint density at radius 3 is 2.88 bits per heavy atom. The number of benzene rings is 1. The van der Waals surface area contributed by atoms with Crippen LogP contribution >= 0.6 is 12.2 Å². The fourth-order valence-corrected chi connectivity index (χ4v) is 3.54. The summed E-state index contributed by atoms with van der Waals surface area (Å²) in [4.78, 5) is 29.8. The Kier molecular flexibility index (Phi) is 3.97. The molecule has 0 bridgehead atoms. The number of fused-ring (bicyclic) bond motifs is 1. The summed E-state index contributed by atoms with van der Waals surface area (Å²) in [7, 11) is 0. The summed E-state index contributed by atoms with van der Waals surface area (Å²) in [5.74, 6) is 0.551. The summed E-state index contributed by atoms with van der Waals surface area (Å²) in [6, 6.07) is 5.13. The molecule has 1 saturated heterocycles. The minimum Gasteiger partial charge on any atom is -0.378 e. The van der Waals surface area contributed by atoms with Gasteiger partial charge in [0.15, 0.2) is 4.77 Å². The number of hydrogen-bond acceptors (Lipinski definition) is 4. The molecule has 7 heteroatoms. The van der Waals surface area contributed by atoms with E-state index in [0.717, 1.165) is 12.8 Å². The van der Waals surface area contributed by atoms with Crippen LogP contribution in [0.4, 0.5) is 0 Å². The van der Waals surface area contributed by atoms with E-state index < -0.39 is 0 Å². The highest BCUT2D eigenvalue weighted by molar-refractivity contribution is 7.71. The van der Waals surface area contributed by atoms with Crippen LogP contribution in [0, 0.1) is 10.7 Å². The van der Waals surface area contributed by atoms with E-state index >= 15 is 0 Å². The van der Waals surface area contributed by atoms with Crippen LogP contribution in [-0.4, -0.2) is 34.6 Å². The lowest BCUT2D eigenvalue weighted by atomic mass is 9.99. The van der Waals surface area contributed by atoms with Crippen LogP contribution < -0.4 is 10.9 Å². The van der Waals surface area contributed by atoms with Crippen molar-refractivity contribution in [1.82, 2.24) is 15.3 Å². The van der Waals surface area contributed by atoms with Crippen molar-refractivity contribution in [3.8, 4) is 0 Å². The van der Waals surface area contributed by atoms with Gasteiger partial charge in [0.05, 0.1) is 17.0 Å². The summed E-state index contributed by atoms with van der Waals surface area (Å²) < 4.78 is 6.05. The normalized spacial score (nSPS) is 24.0. The molecule has 1 aliphatic carbocycles. The lowest BCUT2D eigenvalue weighted by molar-refractivity contribution is -0.0102. The van der Waals surface area contributed by atoms with Crippen molar-refractivity contribution in [1.29, 1.82) is 0 Å². The summed E-state index contributed by atoms with van der Waals surface area (Å²) in [6.45, 7) is 0.701. The first-order valence-corrected chi connectivity index (χ1v) is 8.70. The first-order valence-electron chi connectivity index (χ1n) is 8.29. The van der Waals surface area contributed by atoms with Crippen molar-refractivity contribution < 1.29 is 9.53 Å². The van der Waals surface area contributed by atoms with Crippen LogP contribution in [0.1, 0.15) is 36.0 Å². The Morgan fingerprint density at radius 2 is 2.08 bits per heavy atom. The zero-order chi connectivity index (χ0) is 16.7. The van der Waals surface area contributed by atoms with E-state index in [1.165, 1.54) is 12.8 Å². The Balaban J connectivity index is 1.52. The predicted molar refractivity (Wildman–Crippen MR) is 92.7 cm³/mol. The van der Waals surface area contributed by atoms with Crippen LogP contribution in [-0.2, 0) is 4.74 Å². The maximum atomic E-state index is 12.5. The molecule has 126 valence electrons. The van der Waals surface area contributed by atoms with Crippen LogP contribution in [0.3, 0.4) is 0 Å². The minimum atomic E-state index is -0.252. The zero-order valence-corrected chi connectivity index (χ0v) is 13.9. The zero-order valence-electron chi connectivity index (χ0n) is 13.1. The van der Waals surface area contributed by atoms with Crippen molar-refractivity contribution >= 4 is 29.0 Å². The predicted octanol–water partition coefficient (Wildman–Crippen LogP) is 2.27. The molecule has 4 rings (SSSR count). The standard InChI is InChI=1S/C17H19N3O3S/c21-15(18-11-5-6-23-14(8-11)9-1-2-9)10-3-4-12-13(7-10)19-17(24)20-16(12)22/h3-4,7,9,11,14H,1-2,5-6,8H2,(H,18,21)(H2,19,20,22,24)/t11-,14-/m1/s1. The number of aromatic amines is 2. The van der Waals surface area contributed by atoms with E-state index in [-0.39, 0.29) is 28.4 Å². The molecular formula is C17H19N3O3S. The smallest absolute Gasteiger partial charge is 0.259 e. The number of aromatic nitrogens is 2. The fraction of sp³-hybridized carbons (Fsp3) is 0.471. The minimum absolute atomic E-state index is 0.127. The molecule has 2 atom stereocenters. The monoisotopic (exact) mass is 345 g/mol. The second-order valence-electron chi connectivity index (χ2n) is 6.61. The maximum Gasteiger partial charge on any atom is 0.259 e. The molecule has 1 aromatic heterocycles. The molecular weight excluding hydrogens is 326 g/mol. The lowest BCUT2D eigenvalue weighted by Gasteiger charge is -2.30. The van der Waals surface area contributed by atoms with Crippen LogP contribution in [0.15, 0.2) is 23.0 Å². The van der Waals surface area contributed by atoms with Gasteiger partial charge in [0.2, 0.25) is 0 Å². The van der Waals surface area contributed by atoms with E-state index in [9.17, 15) is 9.59 Å². The number of ether oxygens (including phenoxy) is 1. The number of rotatable bonds is 3. The first-order chi connectivity index (χ1) is 11.6. The SMILES string of the molecule is O=C(N[C@@H]1CCO[C@@H](C2CC2)C1)c1ccc2c(=O)[nH]c(=S)[nH]c2c1. The van der Waals surface area contributed by atoms with E-state index in [1.807, 2.05) is 0 Å². The number of carbonyl (C=O) groups is 1. The molecule has 2 fully saturated rings. The maximum absolute atomic E-state index is 12.5. The average Bonchev–Trinajstić information content (AvgIpc) is 3.39. The highest BCUT2D eigenvalue weighted by Gasteiger charge is 2.36. The third-order valence-electron chi connectivity index (χ3n) is 4.80. The molecule has 0 unspecified atom stereocenters. The number of carbonyl (C=O) groups excluding carboxylic acids is 1. The second-order valence-corrected chi connectivity index (χ2v) is 7.02. The van der Waals surface area contributed by atoms with E-state index in [0.29, 0.717) is 29.0 Å². The molecule has 6 nitrogen and oxygen atoms in total. The van der Waals surface area contributed by atoms with Crippen LogP contribution in [0.25, 0.3) is 10.9 Å². The Labute approximate surface area is 143 Å². The third-order valence-corrected chi connectivity index (χ3v) is 5.00. The molecule has 1 amide bonds. The van der Waals surface area contributed by atoms with Gasteiger partial charge in [-0.15, -0.1) is 0 Å². The largest absolute Gasteiger partial charge is 0.378 e. The van der Waals surface area contributed by atoms with Gasteiger partial charge in [0, 0.05) is 18.2 Å². The molecule has 2 aromatic rings. The van der Waals surface area contributed by atoms with E-state index in [4.69, 9.17) is 17.0 Å². The van der Waals surface area contributed by atoms with Gasteiger partial charge in [0.1, 0.15) is 0 Å². The number of nitrogens with one attached hydrogen (secondary N) is 3. The molecule has 1 aromatic carbocycles. The van der Waals surface area contributed by atoms with Gasteiger partial charge in [-0.1, -0.05) is 0 Å². The number of H-pyrrole nitrogens is 2. The van der Waals surface area contributed by atoms with Gasteiger partial charge < -0.3 is 15.0 Å². The number of hydrogen-bond donors (Lipinski definition) is 3. The second kappa shape index (κ2) is 6.14. The van der Waals surface area contributed by atoms with Crippen molar-refractivity contribution in [2.24, 2.45) is 5.92 Å². The van der Waals surface area contributed by atoms with Crippen molar-refractivity contribution in [3.05, 3.63) is 38.9 Å². The van der Waals surface area contributed by atoms with Crippen LogP contribution in [0.5, 0.6) is 0 Å². The van der Waals surface area contributed by atoms with Crippen LogP contribution in [0.2, 0.25) is 0 Å². The molecule has 1 aliphatic heterocycles. The highest BCUT2D eigenvalue weighted by atomic mass is 32.1. The quantitative estimate of drug-likeness (QED) is 0.745. The summed E-state index contributed by atoms with van der Waals surface area (Å²) in [5.41, 5.74) is 0.838. The van der Waals surface area contributed by atoms with Gasteiger partial charge in [-0.25, -0.2) is 0 Å². The van der Waals surface area contributed by atoms with Crippen molar-refractivity contribution in [2.45, 2.75) is 37.8 Å². The Bertz CT molecular complexity index is 900. The van der Waals surface area contributed by atoms with E-state index in [1.54, 1.807) is 18.2 Å². The summed E-state index contributed by atoms with van der Waals surface area (Å²) >= 11 is 4.98. The molecule has 1 saturated carbocycles. The van der Waals surface area contributed by atoms with E-state index in [2.05, 4.69) is 15.3 Å². The van der Waals surface area contributed by atoms with Gasteiger partial charge in [0.25, 0.3) is 11.5 Å². The average molecular weight is 345 g/mol. The number of amides is 1. The third kappa shape index (κ3) is 3.14. The van der Waals surface area contributed by atoms with Gasteiger partial charge in [-0.05, 0) is 62.0 Å². The molecule has 24 heavy (non-hydrogen) atoms. The van der Waals surface area contributed by atoms with Crippen molar-refractivity contribution in [3.63, 3.8) is 0 Å². The summed E-state index contributed by atoms with van der Waals surface area (Å²) in [5, 5.41) is 3.58. The fourth-order valence-electron chi connectivity index (χ4n) is 3.34. The Morgan fingerprint density at radius 1 is 1.25 bits per heavy atom. The topological polar surface area (TPSA) is 87.0 Å². The molecule has 2 aliphatic rings. The molecule has 0 radical (unpaired) electrons. The Hall–Kier alpha value is -1.99. The molecule has 2 heterocycles. The summed E-state index contributed by atoms with van der Waals surface area (Å²) in [6.07, 6.45) is 4.49. The van der Waals surface area contributed by atoms with Crippen molar-refractivity contribution in [2.75, 3.05) is 6.61 Å². The highest BCUT2D eigenvalue weighted by Crippen LogP contribution is 2.38.